The van der Waals surface area contributed by atoms with E-state index in [1.54, 1.807) is 47.4 Å². The Morgan fingerprint density at radius 1 is 1.14 bits per heavy atom. The van der Waals surface area contributed by atoms with Crippen molar-refractivity contribution < 1.29 is 19.1 Å². The Labute approximate surface area is 167 Å². The highest BCUT2D eigenvalue weighted by molar-refractivity contribution is 6.32. The molecule has 0 saturated carbocycles. The van der Waals surface area contributed by atoms with Crippen molar-refractivity contribution in [1.82, 2.24) is 0 Å². The number of amides is 3. The lowest BCUT2D eigenvalue weighted by molar-refractivity contribution is -0.122. The van der Waals surface area contributed by atoms with Gasteiger partial charge in [0.05, 0.1) is 18.1 Å². The van der Waals surface area contributed by atoms with Gasteiger partial charge in [-0.05, 0) is 36.4 Å². The number of carbonyl (C=O) groups excluding carboxylic acids is 3. The van der Waals surface area contributed by atoms with Crippen LogP contribution in [-0.4, -0.2) is 31.4 Å². The molecule has 3 amide bonds. The van der Waals surface area contributed by atoms with Gasteiger partial charge in [0.2, 0.25) is 17.7 Å². The van der Waals surface area contributed by atoms with Gasteiger partial charge < -0.3 is 20.3 Å². The van der Waals surface area contributed by atoms with E-state index in [1.165, 1.54) is 14.0 Å². The second kappa shape index (κ2) is 8.31. The van der Waals surface area contributed by atoms with Gasteiger partial charge in [0.25, 0.3) is 0 Å². The highest BCUT2D eigenvalue weighted by Crippen LogP contribution is 2.30. The molecule has 2 N–H and O–H groups in total. The third-order valence-electron chi connectivity index (χ3n) is 4.39. The van der Waals surface area contributed by atoms with Crippen LogP contribution in [0, 0.1) is 5.92 Å². The fourth-order valence-electron chi connectivity index (χ4n) is 3.08. The van der Waals surface area contributed by atoms with Gasteiger partial charge in [-0.25, -0.2) is 0 Å². The maximum absolute atomic E-state index is 12.6. The van der Waals surface area contributed by atoms with Gasteiger partial charge in [-0.1, -0.05) is 17.7 Å². The molecule has 0 unspecified atom stereocenters. The molecule has 1 aliphatic rings. The summed E-state index contributed by atoms with van der Waals surface area (Å²) in [5.74, 6) is -0.568. The van der Waals surface area contributed by atoms with Gasteiger partial charge in [-0.2, -0.15) is 0 Å². The highest BCUT2D eigenvalue weighted by Gasteiger charge is 2.35. The Bertz CT molecular complexity index is 931. The van der Waals surface area contributed by atoms with Crippen molar-refractivity contribution >= 4 is 46.4 Å². The number of benzene rings is 2. The molecule has 7 nitrogen and oxygen atoms in total. The maximum Gasteiger partial charge on any atom is 0.229 e. The monoisotopic (exact) mass is 401 g/mol. The fourth-order valence-corrected chi connectivity index (χ4v) is 3.33. The summed E-state index contributed by atoms with van der Waals surface area (Å²) in [5.41, 5.74) is 1.77. The second-order valence-electron chi connectivity index (χ2n) is 6.48. The van der Waals surface area contributed by atoms with Crippen molar-refractivity contribution in [2.45, 2.75) is 13.3 Å². The molecule has 28 heavy (non-hydrogen) atoms. The van der Waals surface area contributed by atoms with E-state index < -0.39 is 5.92 Å². The minimum absolute atomic E-state index is 0.111. The van der Waals surface area contributed by atoms with Gasteiger partial charge in [0.15, 0.2) is 0 Å². The number of nitrogens with one attached hydrogen (secondary N) is 2. The van der Waals surface area contributed by atoms with Crippen LogP contribution in [0.25, 0.3) is 0 Å². The number of hydrogen-bond donors (Lipinski definition) is 2. The molecule has 2 aromatic rings. The molecular formula is C20H20ClN3O4. The summed E-state index contributed by atoms with van der Waals surface area (Å²) in [4.78, 5) is 37.8. The minimum atomic E-state index is -0.488. The molecule has 3 rings (SSSR count). The number of halogens is 1. The number of hydrogen-bond acceptors (Lipinski definition) is 4. The molecule has 0 radical (unpaired) electrons. The lowest BCUT2D eigenvalue weighted by Gasteiger charge is -2.18. The summed E-state index contributed by atoms with van der Waals surface area (Å²) >= 11 is 6.08. The van der Waals surface area contributed by atoms with Crippen molar-refractivity contribution in [1.29, 1.82) is 0 Å². The summed E-state index contributed by atoms with van der Waals surface area (Å²) in [6.07, 6.45) is 0.111. The molecular weight excluding hydrogens is 382 g/mol. The summed E-state index contributed by atoms with van der Waals surface area (Å²) in [6.45, 7) is 1.68. The van der Waals surface area contributed by atoms with E-state index in [2.05, 4.69) is 10.6 Å². The zero-order valence-corrected chi connectivity index (χ0v) is 16.2. The zero-order chi connectivity index (χ0) is 20.3. The molecule has 1 saturated heterocycles. The van der Waals surface area contributed by atoms with Crippen LogP contribution in [-0.2, 0) is 14.4 Å². The number of ether oxygens (including phenoxy) is 1. The topological polar surface area (TPSA) is 87.7 Å². The third-order valence-corrected chi connectivity index (χ3v) is 4.69. The van der Waals surface area contributed by atoms with Crippen molar-refractivity contribution in [3.63, 3.8) is 0 Å². The molecule has 146 valence electrons. The molecule has 8 heteroatoms. The summed E-state index contributed by atoms with van der Waals surface area (Å²) in [5, 5.41) is 5.87. The first-order valence-corrected chi connectivity index (χ1v) is 9.07. The smallest absolute Gasteiger partial charge is 0.229 e. The van der Waals surface area contributed by atoms with Crippen LogP contribution < -0.4 is 20.3 Å². The summed E-state index contributed by atoms with van der Waals surface area (Å²) in [6, 6.07) is 11.9. The van der Waals surface area contributed by atoms with Crippen molar-refractivity contribution in [2.75, 3.05) is 29.2 Å². The Kier molecular flexibility index (Phi) is 5.84. The molecule has 0 bridgehead atoms. The van der Waals surface area contributed by atoms with Gasteiger partial charge in [0, 0.05) is 37.0 Å². The van der Waals surface area contributed by atoms with E-state index in [9.17, 15) is 14.4 Å². The van der Waals surface area contributed by atoms with E-state index in [4.69, 9.17) is 16.3 Å². The Balaban J connectivity index is 1.69. The predicted octanol–water partition coefficient (Wildman–Crippen LogP) is 3.30. The number of methoxy groups -OCH3 is 1. The maximum atomic E-state index is 12.6. The van der Waals surface area contributed by atoms with E-state index >= 15 is 0 Å². The molecule has 2 aromatic carbocycles. The Hall–Kier alpha value is -3.06. The number of anilines is 3. The zero-order valence-electron chi connectivity index (χ0n) is 15.5. The molecule has 1 atom stereocenters. The van der Waals surface area contributed by atoms with Crippen LogP contribution in [0.4, 0.5) is 17.1 Å². The van der Waals surface area contributed by atoms with Crippen LogP contribution in [0.2, 0.25) is 5.02 Å². The normalized spacial score (nSPS) is 16.0. The number of nitrogens with zero attached hydrogens (tertiary/aromatic N) is 1. The third kappa shape index (κ3) is 4.43. The molecule has 0 aromatic heterocycles. The standard InChI is InChI=1S/C20H20ClN3O4/c1-12(25)22-14-4-3-5-16(9-14)24-11-13(8-19(24)26)20(27)23-15-6-7-18(28-2)17(21)10-15/h3-7,9-10,13H,8,11H2,1-2H3,(H,22,25)(H,23,27)/t13-/m1/s1. The van der Waals surface area contributed by atoms with Crippen molar-refractivity contribution in [3.05, 3.63) is 47.5 Å². The van der Waals surface area contributed by atoms with Crippen LogP contribution in [0.5, 0.6) is 5.75 Å². The van der Waals surface area contributed by atoms with Crippen LogP contribution in [0.15, 0.2) is 42.5 Å². The number of carbonyl (C=O) groups is 3. The van der Waals surface area contributed by atoms with E-state index in [-0.39, 0.29) is 30.7 Å². The first-order valence-electron chi connectivity index (χ1n) is 8.70. The summed E-state index contributed by atoms with van der Waals surface area (Å²) in [7, 11) is 1.51. The van der Waals surface area contributed by atoms with E-state index in [0.717, 1.165) is 0 Å². The molecule has 0 aliphatic carbocycles. The Morgan fingerprint density at radius 2 is 1.89 bits per heavy atom. The predicted molar refractivity (Wildman–Crippen MR) is 108 cm³/mol. The van der Waals surface area contributed by atoms with Gasteiger partial charge >= 0.3 is 0 Å². The lowest BCUT2D eigenvalue weighted by atomic mass is 10.1. The Morgan fingerprint density at radius 3 is 2.57 bits per heavy atom. The molecule has 1 fully saturated rings. The van der Waals surface area contributed by atoms with E-state index in [0.29, 0.717) is 27.8 Å². The first-order chi connectivity index (χ1) is 13.4. The van der Waals surface area contributed by atoms with Crippen molar-refractivity contribution in [2.24, 2.45) is 5.92 Å². The number of rotatable bonds is 5. The van der Waals surface area contributed by atoms with Crippen molar-refractivity contribution in [3.8, 4) is 5.75 Å². The molecule has 1 heterocycles. The van der Waals surface area contributed by atoms with Gasteiger partial charge in [-0.15, -0.1) is 0 Å². The summed E-state index contributed by atoms with van der Waals surface area (Å²) < 4.78 is 5.09. The van der Waals surface area contributed by atoms with Gasteiger partial charge in [0.1, 0.15) is 5.75 Å². The average molecular weight is 402 g/mol. The average Bonchev–Trinajstić information content (AvgIpc) is 3.03. The van der Waals surface area contributed by atoms with Crippen LogP contribution >= 0.6 is 11.6 Å². The first kappa shape index (κ1) is 19.7. The quantitative estimate of drug-likeness (QED) is 0.804. The largest absolute Gasteiger partial charge is 0.495 e. The molecule has 0 spiro atoms. The SMILES string of the molecule is COc1ccc(NC(=O)[C@@H]2CC(=O)N(c3cccc(NC(C)=O)c3)C2)cc1Cl. The minimum Gasteiger partial charge on any atom is -0.495 e. The van der Waals surface area contributed by atoms with Gasteiger partial charge in [-0.3, -0.25) is 14.4 Å². The van der Waals surface area contributed by atoms with Crippen LogP contribution in [0.3, 0.4) is 0 Å². The fraction of sp³-hybridized carbons (Fsp3) is 0.250. The highest BCUT2D eigenvalue weighted by atomic mass is 35.5. The lowest BCUT2D eigenvalue weighted by Crippen LogP contribution is -2.28. The second-order valence-corrected chi connectivity index (χ2v) is 6.88. The van der Waals surface area contributed by atoms with E-state index in [1.807, 2.05) is 0 Å². The molecule has 1 aliphatic heterocycles. The van der Waals surface area contributed by atoms with Crippen LogP contribution in [0.1, 0.15) is 13.3 Å².